The normalized spacial score (nSPS) is 25.4. The van der Waals surface area contributed by atoms with Gasteiger partial charge >= 0.3 is 0 Å². The Morgan fingerprint density at radius 2 is 1.69 bits per heavy atom. The van der Waals surface area contributed by atoms with Gasteiger partial charge in [0.15, 0.2) is 0 Å². The van der Waals surface area contributed by atoms with Crippen molar-refractivity contribution in [2.75, 3.05) is 13.1 Å². The summed E-state index contributed by atoms with van der Waals surface area (Å²) in [4.78, 5) is -0.178. The molecule has 26 heavy (non-hydrogen) atoms. The van der Waals surface area contributed by atoms with Crippen LogP contribution in [0.3, 0.4) is 0 Å². The van der Waals surface area contributed by atoms with Gasteiger partial charge < -0.3 is 9.04 Å². The zero-order valence-corrected chi connectivity index (χ0v) is 16.3. The van der Waals surface area contributed by atoms with Crippen LogP contribution in [0.25, 0.3) is 0 Å². The first-order valence-electron chi connectivity index (χ1n) is 9.27. The Kier molecular flexibility index (Phi) is 5.51. The van der Waals surface area contributed by atoms with E-state index < -0.39 is 10.1 Å². The minimum absolute atomic E-state index is 0.178. The summed E-state index contributed by atoms with van der Waals surface area (Å²) < 4.78 is 32.6. The molecule has 0 saturated carbocycles. The molecule has 2 aromatic rings. The van der Waals surface area contributed by atoms with Crippen LogP contribution in [0.5, 0.6) is 0 Å². The largest absolute Gasteiger partial charge is 0.744 e. The highest BCUT2D eigenvalue weighted by molar-refractivity contribution is 7.85. The topological polar surface area (TPSA) is 57.2 Å². The van der Waals surface area contributed by atoms with Crippen molar-refractivity contribution in [2.24, 2.45) is 0 Å². The van der Waals surface area contributed by atoms with Crippen molar-refractivity contribution in [3.63, 3.8) is 0 Å². The number of aryl methyl sites for hydroxylation is 1. The SMILES string of the molecule is C[C@H](c1ccccc1)[N+]12CCCC[C@@H]1C2.Cc1ccc(S(=O)(=O)[O-])cc1. The lowest BCUT2D eigenvalue weighted by Gasteiger charge is -2.30. The fraction of sp³-hybridized carbons (Fsp3) is 0.429. The second-order valence-electron chi connectivity index (χ2n) is 7.51. The van der Waals surface area contributed by atoms with Crippen LogP contribution in [0.1, 0.15) is 43.4 Å². The summed E-state index contributed by atoms with van der Waals surface area (Å²) in [5, 5.41) is 0. The van der Waals surface area contributed by atoms with E-state index in [1.54, 1.807) is 12.1 Å². The van der Waals surface area contributed by atoms with Gasteiger partial charge in [-0.05, 0) is 38.8 Å². The summed E-state index contributed by atoms with van der Waals surface area (Å²) >= 11 is 0. The molecule has 2 fully saturated rings. The number of nitrogens with zero attached hydrogens (tertiary/aromatic N) is 1. The van der Waals surface area contributed by atoms with Crippen LogP contribution in [0, 0.1) is 6.92 Å². The molecule has 4 nitrogen and oxygen atoms in total. The van der Waals surface area contributed by atoms with Gasteiger partial charge in [-0.1, -0.05) is 48.0 Å². The van der Waals surface area contributed by atoms with Crippen molar-refractivity contribution < 1.29 is 17.5 Å². The molecule has 3 atom stereocenters. The number of benzene rings is 2. The number of fused-ring (bicyclic) bond motifs is 1. The van der Waals surface area contributed by atoms with Crippen molar-refractivity contribution in [3.05, 3.63) is 65.7 Å². The van der Waals surface area contributed by atoms with Crippen LogP contribution in [0.4, 0.5) is 0 Å². The number of hydrogen-bond donors (Lipinski definition) is 0. The first kappa shape index (κ1) is 19.1. The molecule has 0 aliphatic carbocycles. The second-order valence-corrected chi connectivity index (χ2v) is 8.89. The van der Waals surface area contributed by atoms with Gasteiger partial charge in [-0.3, -0.25) is 0 Å². The maximum atomic E-state index is 10.4. The summed E-state index contributed by atoms with van der Waals surface area (Å²) in [6, 6.07) is 18.5. The van der Waals surface area contributed by atoms with Crippen LogP contribution < -0.4 is 0 Å². The maximum absolute atomic E-state index is 10.4. The van der Waals surface area contributed by atoms with E-state index >= 15 is 0 Å². The summed E-state index contributed by atoms with van der Waals surface area (Å²) in [7, 11) is -4.27. The van der Waals surface area contributed by atoms with E-state index in [0.717, 1.165) is 17.6 Å². The van der Waals surface area contributed by atoms with Crippen LogP contribution in [-0.4, -0.2) is 36.6 Å². The molecule has 5 heteroatoms. The average molecular weight is 374 g/mol. The van der Waals surface area contributed by atoms with E-state index in [9.17, 15) is 13.0 Å². The van der Waals surface area contributed by atoms with Gasteiger partial charge in [-0.15, -0.1) is 0 Å². The molecule has 0 N–H and O–H groups in total. The Morgan fingerprint density at radius 3 is 2.27 bits per heavy atom. The molecule has 0 radical (unpaired) electrons. The van der Waals surface area contributed by atoms with Crippen molar-refractivity contribution >= 4 is 10.1 Å². The zero-order valence-electron chi connectivity index (χ0n) is 15.5. The summed E-state index contributed by atoms with van der Waals surface area (Å²) in [6.45, 7) is 7.10. The number of piperidine rings is 1. The third-order valence-electron chi connectivity index (χ3n) is 5.87. The number of hydrogen-bond acceptors (Lipinski definition) is 3. The molecular weight excluding hydrogens is 346 g/mol. The molecule has 0 aromatic heterocycles. The van der Waals surface area contributed by atoms with E-state index in [4.69, 9.17) is 0 Å². The molecular formula is C21H27NO3S. The predicted molar refractivity (Wildman–Crippen MR) is 102 cm³/mol. The van der Waals surface area contributed by atoms with Gasteiger partial charge in [0.25, 0.3) is 0 Å². The van der Waals surface area contributed by atoms with Crippen molar-refractivity contribution in [2.45, 2.75) is 50.1 Å². The molecule has 140 valence electrons. The molecule has 4 rings (SSSR count). The van der Waals surface area contributed by atoms with Gasteiger partial charge in [0, 0.05) is 12.0 Å². The van der Waals surface area contributed by atoms with Gasteiger partial charge in [-0.2, -0.15) is 0 Å². The molecule has 2 aliphatic rings. The lowest BCUT2D eigenvalue weighted by Crippen LogP contribution is -2.35. The van der Waals surface area contributed by atoms with Gasteiger partial charge in [0.1, 0.15) is 28.7 Å². The summed E-state index contributed by atoms with van der Waals surface area (Å²) in [6.07, 6.45) is 4.37. The van der Waals surface area contributed by atoms with E-state index in [2.05, 4.69) is 37.3 Å². The Bertz CT molecular complexity index is 833. The lowest BCUT2D eigenvalue weighted by molar-refractivity contribution is -0.849. The third kappa shape index (κ3) is 4.17. The molecule has 0 spiro atoms. The van der Waals surface area contributed by atoms with Crippen LogP contribution in [0.15, 0.2) is 59.5 Å². The Balaban J connectivity index is 0.000000160. The van der Waals surface area contributed by atoms with E-state index in [1.807, 2.05) is 6.92 Å². The fourth-order valence-electron chi connectivity index (χ4n) is 4.16. The first-order valence-corrected chi connectivity index (χ1v) is 10.7. The third-order valence-corrected chi connectivity index (χ3v) is 6.72. The van der Waals surface area contributed by atoms with Gasteiger partial charge in [0.2, 0.25) is 0 Å². The van der Waals surface area contributed by atoms with Crippen molar-refractivity contribution in [1.29, 1.82) is 0 Å². The van der Waals surface area contributed by atoms with Gasteiger partial charge in [0.05, 0.1) is 11.4 Å². The molecule has 2 heterocycles. The summed E-state index contributed by atoms with van der Waals surface area (Å²) in [5.74, 6) is 0. The van der Waals surface area contributed by atoms with Gasteiger partial charge in [-0.25, -0.2) is 8.42 Å². The van der Waals surface area contributed by atoms with Crippen molar-refractivity contribution in [1.82, 2.24) is 0 Å². The fourth-order valence-corrected chi connectivity index (χ4v) is 4.62. The second kappa shape index (κ2) is 7.51. The Morgan fingerprint density at radius 1 is 1.04 bits per heavy atom. The predicted octanol–water partition coefficient (Wildman–Crippen LogP) is 4.03. The van der Waals surface area contributed by atoms with Crippen LogP contribution in [0.2, 0.25) is 0 Å². The first-order chi connectivity index (χ1) is 12.3. The quantitative estimate of drug-likeness (QED) is 0.464. The highest BCUT2D eigenvalue weighted by Crippen LogP contribution is 2.47. The minimum atomic E-state index is -4.27. The zero-order chi connectivity index (χ0) is 18.8. The van der Waals surface area contributed by atoms with E-state index in [0.29, 0.717) is 0 Å². The molecule has 2 aromatic carbocycles. The Hall–Kier alpha value is -1.69. The molecule has 2 saturated heterocycles. The van der Waals surface area contributed by atoms with Crippen molar-refractivity contribution in [3.8, 4) is 0 Å². The molecule has 0 bridgehead atoms. The van der Waals surface area contributed by atoms with Crippen LogP contribution in [-0.2, 0) is 10.1 Å². The average Bonchev–Trinajstić information content (AvgIpc) is 3.38. The Labute approximate surface area is 156 Å². The highest BCUT2D eigenvalue weighted by Gasteiger charge is 2.58. The smallest absolute Gasteiger partial charge is 0.139 e. The molecule has 0 amide bonds. The minimum Gasteiger partial charge on any atom is -0.744 e. The molecule has 2 aliphatic heterocycles. The molecule has 1 unspecified atom stereocenters. The van der Waals surface area contributed by atoms with E-state index in [1.165, 1.54) is 54.5 Å². The summed E-state index contributed by atoms with van der Waals surface area (Å²) in [5.41, 5.74) is 2.46. The monoisotopic (exact) mass is 373 g/mol. The van der Waals surface area contributed by atoms with Crippen LogP contribution >= 0.6 is 0 Å². The standard InChI is InChI=1S/C14H20N.C7H8O3S/c1-12(13-7-3-2-4-8-13)15-10-6-5-9-14(15)11-15;1-6-2-4-7(5-3-6)11(8,9)10/h2-4,7-8,12,14H,5-6,9-11H2,1H3;2-5H,1H3,(H,8,9,10)/q+1;/p-1/t12-,14-,15?;/m1./s1. The number of quaternary nitrogens is 1. The van der Waals surface area contributed by atoms with E-state index in [-0.39, 0.29) is 4.90 Å². The maximum Gasteiger partial charge on any atom is 0.139 e. The highest BCUT2D eigenvalue weighted by atomic mass is 32.2. The lowest BCUT2D eigenvalue weighted by atomic mass is 10.0. The number of rotatable bonds is 3.